The molecule has 1 aromatic heterocycles. The van der Waals surface area contributed by atoms with E-state index < -0.39 is 12.1 Å². The minimum Gasteiger partial charge on any atom is -0.360 e. The molecule has 0 atom stereocenters. The molecule has 0 saturated heterocycles. The van der Waals surface area contributed by atoms with Crippen LogP contribution in [0.3, 0.4) is 0 Å². The van der Waals surface area contributed by atoms with E-state index in [-0.39, 0.29) is 13.1 Å². The average molecular weight is 273 g/mol. The van der Waals surface area contributed by atoms with Crippen molar-refractivity contribution >= 4 is 11.5 Å². The first-order chi connectivity index (χ1) is 8.97. The van der Waals surface area contributed by atoms with Crippen LogP contribution in [0.25, 0.3) is 5.57 Å². The minimum absolute atomic E-state index is 0.0788. The summed E-state index contributed by atoms with van der Waals surface area (Å²) in [7, 11) is 0. The maximum absolute atomic E-state index is 12.0. The van der Waals surface area contributed by atoms with Gasteiger partial charge in [0.25, 0.3) is 0 Å². The molecule has 8 heteroatoms. The van der Waals surface area contributed by atoms with Gasteiger partial charge in [-0.2, -0.15) is 13.2 Å². The molecule has 0 aliphatic carbocycles. The zero-order valence-corrected chi connectivity index (χ0v) is 9.72. The zero-order chi connectivity index (χ0) is 13.9. The van der Waals surface area contributed by atoms with Gasteiger partial charge in [0.15, 0.2) is 5.82 Å². The molecule has 0 bridgehead atoms. The summed E-state index contributed by atoms with van der Waals surface area (Å²) in [6, 6.07) is 1.67. The number of alkyl halides is 3. The molecule has 0 saturated carbocycles. The Bertz CT molecular complexity index is 488. The van der Waals surface area contributed by atoms with Crippen LogP contribution in [0.15, 0.2) is 24.5 Å². The number of aromatic nitrogens is 2. The monoisotopic (exact) mass is 273 g/mol. The van der Waals surface area contributed by atoms with Gasteiger partial charge in [0.1, 0.15) is 0 Å². The van der Waals surface area contributed by atoms with Gasteiger partial charge in [-0.3, -0.25) is 0 Å². The lowest BCUT2D eigenvalue weighted by Gasteiger charge is -2.24. The highest BCUT2D eigenvalue weighted by molar-refractivity contribution is 5.75. The van der Waals surface area contributed by atoms with E-state index in [1.54, 1.807) is 24.5 Å². The van der Waals surface area contributed by atoms with E-state index in [0.29, 0.717) is 12.2 Å². The van der Waals surface area contributed by atoms with Gasteiger partial charge in [-0.25, -0.2) is 14.8 Å². The second kappa shape index (κ2) is 5.35. The van der Waals surface area contributed by atoms with Gasteiger partial charge < -0.3 is 4.84 Å². The lowest BCUT2D eigenvalue weighted by molar-refractivity contribution is -0.237. The Kier molecular flexibility index (Phi) is 3.79. The summed E-state index contributed by atoms with van der Waals surface area (Å²) in [4.78, 5) is 23.0. The Morgan fingerprint density at radius 1 is 1.32 bits per heavy atom. The molecule has 1 aliphatic heterocycles. The number of nitrogens with zero attached hydrogens (tertiary/aromatic N) is 3. The summed E-state index contributed by atoms with van der Waals surface area (Å²) < 4.78 is 36.0. The van der Waals surface area contributed by atoms with E-state index in [9.17, 15) is 18.0 Å². The zero-order valence-electron chi connectivity index (χ0n) is 9.72. The van der Waals surface area contributed by atoms with Crippen LogP contribution in [0, 0.1) is 0 Å². The van der Waals surface area contributed by atoms with Crippen molar-refractivity contribution in [2.45, 2.75) is 12.6 Å². The predicted octanol–water partition coefficient (Wildman–Crippen LogP) is 1.59. The van der Waals surface area contributed by atoms with Crippen LogP contribution in [0.5, 0.6) is 0 Å². The van der Waals surface area contributed by atoms with Crippen LogP contribution >= 0.6 is 0 Å². The SMILES string of the molecule is O=C(ON1CC=C(c2ncccn2)CC1)C(F)(F)F. The van der Waals surface area contributed by atoms with Gasteiger partial charge in [-0.05, 0) is 18.1 Å². The highest BCUT2D eigenvalue weighted by atomic mass is 19.4. The summed E-state index contributed by atoms with van der Waals surface area (Å²) in [6.07, 6.45) is 0.239. The maximum atomic E-state index is 12.0. The first-order valence-corrected chi connectivity index (χ1v) is 5.47. The van der Waals surface area contributed by atoms with Gasteiger partial charge >= 0.3 is 12.1 Å². The molecular weight excluding hydrogens is 263 g/mol. The van der Waals surface area contributed by atoms with E-state index in [1.165, 1.54) is 0 Å². The molecule has 19 heavy (non-hydrogen) atoms. The number of hydrogen-bond acceptors (Lipinski definition) is 5. The Morgan fingerprint density at radius 2 is 2.00 bits per heavy atom. The van der Waals surface area contributed by atoms with Crippen LogP contribution in [0.4, 0.5) is 13.2 Å². The second-order valence-corrected chi connectivity index (χ2v) is 3.82. The largest absolute Gasteiger partial charge is 0.492 e. The molecule has 5 nitrogen and oxygen atoms in total. The van der Waals surface area contributed by atoms with Crippen molar-refractivity contribution in [1.29, 1.82) is 0 Å². The van der Waals surface area contributed by atoms with Crippen molar-refractivity contribution in [2.75, 3.05) is 13.1 Å². The molecule has 0 fully saturated rings. The second-order valence-electron chi connectivity index (χ2n) is 3.82. The molecule has 2 heterocycles. The van der Waals surface area contributed by atoms with Crippen molar-refractivity contribution in [1.82, 2.24) is 15.0 Å². The highest BCUT2D eigenvalue weighted by Gasteiger charge is 2.42. The molecule has 0 aromatic carbocycles. The topological polar surface area (TPSA) is 55.3 Å². The third-order valence-electron chi connectivity index (χ3n) is 2.47. The van der Waals surface area contributed by atoms with Crippen molar-refractivity contribution in [3.63, 3.8) is 0 Å². The maximum Gasteiger partial charge on any atom is 0.492 e. The molecule has 102 valence electrons. The van der Waals surface area contributed by atoms with E-state index in [1.807, 2.05) is 0 Å². The van der Waals surface area contributed by atoms with Crippen molar-refractivity contribution in [3.8, 4) is 0 Å². The van der Waals surface area contributed by atoms with Crippen molar-refractivity contribution < 1.29 is 22.8 Å². The lowest BCUT2D eigenvalue weighted by atomic mass is 10.1. The fraction of sp³-hybridized carbons (Fsp3) is 0.364. The molecule has 0 N–H and O–H groups in total. The molecule has 2 rings (SSSR count). The summed E-state index contributed by atoms with van der Waals surface area (Å²) in [5.41, 5.74) is 0.819. The summed E-state index contributed by atoms with van der Waals surface area (Å²) in [5.74, 6) is -1.68. The molecule has 0 spiro atoms. The molecule has 1 aromatic rings. The smallest absolute Gasteiger partial charge is 0.360 e. The number of hydrogen-bond donors (Lipinski definition) is 0. The highest BCUT2D eigenvalue weighted by Crippen LogP contribution is 2.21. The van der Waals surface area contributed by atoms with Crippen molar-refractivity contribution in [2.24, 2.45) is 0 Å². The standard InChI is InChI=1S/C11H10F3N3O2/c12-11(13,14)10(18)19-17-6-2-8(3-7-17)9-15-4-1-5-16-9/h1-2,4-5H,3,6-7H2. The predicted molar refractivity (Wildman–Crippen MR) is 58.3 cm³/mol. The van der Waals surface area contributed by atoms with Gasteiger partial charge in [0.2, 0.25) is 0 Å². The fourth-order valence-corrected chi connectivity index (χ4v) is 1.57. The van der Waals surface area contributed by atoms with Gasteiger partial charge in [-0.15, -0.1) is 5.06 Å². The van der Waals surface area contributed by atoms with Crippen LogP contribution in [0.1, 0.15) is 12.2 Å². The number of halogens is 3. The van der Waals surface area contributed by atoms with E-state index >= 15 is 0 Å². The van der Waals surface area contributed by atoms with E-state index in [4.69, 9.17) is 0 Å². The minimum atomic E-state index is -4.98. The first kappa shape index (κ1) is 13.5. The third-order valence-corrected chi connectivity index (χ3v) is 2.47. The normalized spacial score (nSPS) is 16.9. The van der Waals surface area contributed by atoms with Crippen LogP contribution < -0.4 is 0 Å². The Hall–Kier alpha value is -1.96. The van der Waals surface area contributed by atoms with Crippen molar-refractivity contribution in [3.05, 3.63) is 30.4 Å². The van der Waals surface area contributed by atoms with Crippen LogP contribution in [0.2, 0.25) is 0 Å². The van der Waals surface area contributed by atoms with Gasteiger partial charge in [0.05, 0.1) is 6.54 Å². The van der Waals surface area contributed by atoms with Gasteiger partial charge in [-0.1, -0.05) is 6.08 Å². The summed E-state index contributed by atoms with van der Waals surface area (Å²) in [6.45, 7) is 0.251. The van der Waals surface area contributed by atoms with Gasteiger partial charge in [0, 0.05) is 18.9 Å². The molecular formula is C11H10F3N3O2. The average Bonchev–Trinajstić information content (AvgIpc) is 2.39. The van der Waals surface area contributed by atoms with Crippen LogP contribution in [-0.2, 0) is 9.63 Å². The quantitative estimate of drug-likeness (QED) is 0.819. The fourth-order valence-electron chi connectivity index (χ4n) is 1.57. The summed E-state index contributed by atoms with van der Waals surface area (Å²) >= 11 is 0. The van der Waals surface area contributed by atoms with E-state index in [0.717, 1.165) is 10.6 Å². The Balaban J connectivity index is 1.95. The number of carbonyl (C=O) groups excluding carboxylic acids is 1. The lowest BCUT2D eigenvalue weighted by Crippen LogP contribution is -2.37. The molecule has 0 amide bonds. The third kappa shape index (κ3) is 3.50. The van der Waals surface area contributed by atoms with Crippen LogP contribution in [-0.4, -0.2) is 40.3 Å². The Labute approximate surface area is 106 Å². The number of hydroxylamine groups is 2. The Morgan fingerprint density at radius 3 is 2.53 bits per heavy atom. The van der Waals surface area contributed by atoms with E-state index in [2.05, 4.69) is 14.8 Å². The molecule has 1 aliphatic rings. The first-order valence-electron chi connectivity index (χ1n) is 5.47. The molecule has 0 radical (unpaired) electrons. The number of carbonyl (C=O) groups is 1. The molecule has 0 unspecified atom stereocenters. The number of rotatable bonds is 2. The summed E-state index contributed by atoms with van der Waals surface area (Å²) in [5, 5.41) is 0.961.